The minimum Gasteiger partial charge on any atom is -0.383 e. The highest BCUT2D eigenvalue weighted by Crippen LogP contribution is 2.13. The second-order valence-electron chi connectivity index (χ2n) is 5.37. The Kier molecular flexibility index (Phi) is 7.28. The molecule has 5 nitrogen and oxygen atoms in total. The average Bonchev–Trinajstić information content (AvgIpc) is 2.35. The molecule has 114 valence electrons. The first-order chi connectivity index (χ1) is 8.96. The van der Waals surface area contributed by atoms with E-state index in [-0.39, 0.29) is 0 Å². The van der Waals surface area contributed by atoms with E-state index in [2.05, 4.69) is 16.7 Å². The zero-order valence-electron chi connectivity index (χ0n) is 12.5. The van der Waals surface area contributed by atoms with Crippen molar-refractivity contribution in [1.82, 2.24) is 9.80 Å². The molecule has 0 amide bonds. The smallest absolute Gasteiger partial charge is 0.147 e. The molecule has 6 heteroatoms. The van der Waals surface area contributed by atoms with E-state index in [9.17, 15) is 8.42 Å². The molecule has 0 aliphatic carbocycles. The minimum absolute atomic E-state index is 0.299. The van der Waals surface area contributed by atoms with Crippen molar-refractivity contribution in [1.29, 1.82) is 0 Å². The fourth-order valence-electron chi connectivity index (χ4n) is 2.60. The van der Waals surface area contributed by atoms with E-state index in [0.29, 0.717) is 11.8 Å². The van der Waals surface area contributed by atoms with Gasteiger partial charge in [-0.1, -0.05) is 6.92 Å². The molecule has 1 aliphatic heterocycles. The lowest BCUT2D eigenvalue weighted by molar-refractivity contribution is 0.0500. The second-order valence-corrected chi connectivity index (χ2v) is 7.63. The van der Waals surface area contributed by atoms with Gasteiger partial charge < -0.3 is 9.64 Å². The Labute approximate surface area is 117 Å². The van der Waals surface area contributed by atoms with Gasteiger partial charge in [0.1, 0.15) is 9.84 Å². The molecule has 0 saturated carbocycles. The zero-order chi connectivity index (χ0) is 14.3. The highest BCUT2D eigenvalue weighted by Gasteiger charge is 2.25. The van der Waals surface area contributed by atoms with E-state index >= 15 is 0 Å². The van der Waals surface area contributed by atoms with Crippen LogP contribution in [0.1, 0.15) is 19.8 Å². The number of rotatable bonds is 8. The Morgan fingerprint density at radius 1 is 1.26 bits per heavy atom. The molecule has 1 atom stereocenters. The fraction of sp³-hybridized carbons (Fsp3) is 1.00. The molecule has 1 rings (SSSR count). The Bertz CT molecular complexity index is 346. The third-order valence-corrected chi connectivity index (χ3v) is 4.76. The number of methoxy groups -OCH3 is 1. The lowest BCUT2D eigenvalue weighted by atomic mass is 10.1. The van der Waals surface area contributed by atoms with Crippen molar-refractivity contribution in [2.75, 3.05) is 58.4 Å². The number of sulfone groups is 1. The van der Waals surface area contributed by atoms with Crippen LogP contribution in [-0.2, 0) is 14.6 Å². The van der Waals surface area contributed by atoms with E-state index in [1.165, 1.54) is 6.26 Å². The monoisotopic (exact) mass is 292 g/mol. The Balaban J connectivity index is 2.33. The summed E-state index contributed by atoms with van der Waals surface area (Å²) in [6.07, 6.45) is 3.18. The molecule has 0 aromatic carbocycles. The van der Waals surface area contributed by atoms with Gasteiger partial charge in [0.05, 0.1) is 12.4 Å². The van der Waals surface area contributed by atoms with Crippen LogP contribution < -0.4 is 0 Å². The lowest BCUT2D eigenvalue weighted by Crippen LogP contribution is -2.53. The van der Waals surface area contributed by atoms with Crippen LogP contribution in [-0.4, -0.2) is 82.7 Å². The molecule has 0 aromatic rings. The first kappa shape index (κ1) is 16.9. The summed E-state index contributed by atoms with van der Waals surface area (Å²) >= 11 is 0. The van der Waals surface area contributed by atoms with Crippen molar-refractivity contribution in [3.05, 3.63) is 0 Å². The van der Waals surface area contributed by atoms with Crippen LogP contribution in [0, 0.1) is 0 Å². The van der Waals surface area contributed by atoms with Gasteiger partial charge in [0.25, 0.3) is 0 Å². The second kappa shape index (κ2) is 8.19. The van der Waals surface area contributed by atoms with Gasteiger partial charge in [-0.15, -0.1) is 0 Å². The van der Waals surface area contributed by atoms with E-state index in [1.807, 2.05) is 0 Å². The summed E-state index contributed by atoms with van der Waals surface area (Å²) in [5.74, 6) is 0.299. The van der Waals surface area contributed by atoms with E-state index in [0.717, 1.165) is 52.2 Å². The standard InChI is InChI=1S/C13H28N2O3S/c1-4-13-12-14(6-5-11-19(3,16)17)7-8-15(13)9-10-18-2/h13H,4-12H2,1-3H3/t13-/m1/s1. The van der Waals surface area contributed by atoms with Crippen LogP contribution in [0.15, 0.2) is 0 Å². The molecule has 0 aromatic heterocycles. The Hall–Kier alpha value is -0.170. The van der Waals surface area contributed by atoms with Gasteiger partial charge in [-0.2, -0.15) is 0 Å². The maximum absolute atomic E-state index is 11.1. The van der Waals surface area contributed by atoms with Crippen molar-refractivity contribution < 1.29 is 13.2 Å². The molecule has 0 bridgehead atoms. The van der Waals surface area contributed by atoms with Crippen molar-refractivity contribution in [2.45, 2.75) is 25.8 Å². The first-order valence-corrected chi connectivity index (χ1v) is 9.15. The molecule has 0 spiro atoms. The van der Waals surface area contributed by atoms with Crippen molar-refractivity contribution >= 4 is 9.84 Å². The average molecular weight is 292 g/mol. The molecule has 1 aliphatic rings. The maximum atomic E-state index is 11.1. The van der Waals surface area contributed by atoms with Crippen molar-refractivity contribution in [3.8, 4) is 0 Å². The van der Waals surface area contributed by atoms with E-state index < -0.39 is 9.84 Å². The lowest BCUT2D eigenvalue weighted by Gasteiger charge is -2.41. The van der Waals surface area contributed by atoms with Crippen LogP contribution in [0.2, 0.25) is 0 Å². The van der Waals surface area contributed by atoms with Crippen LogP contribution in [0.3, 0.4) is 0 Å². The number of hydrogen-bond acceptors (Lipinski definition) is 5. The topological polar surface area (TPSA) is 49.9 Å². The predicted octanol–water partition coefficient (Wildman–Crippen LogP) is 0.464. The quantitative estimate of drug-likeness (QED) is 0.651. The van der Waals surface area contributed by atoms with E-state index in [1.54, 1.807) is 7.11 Å². The number of ether oxygens (including phenoxy) is 1. The normalized spacial score (nSPS) is 22.8. The third-order valence-electron chi connectivity index (χ3n) is 3.73. The summed E-state index contributed by atoms with van der Waals surface area (Å²) in [5.41, 5.74) is 0. The van der Waals surface area contributed by atoms with Gasteiger partial charge in [0.15, 0.2) is 0 Å². The summed E-state index contributed by atoms with van der Waals surface area (Å²) in [7, 11) is -1.08. The maximum Gasteiger partial charge on any atom is 0.147 e. The molecule has 1 heterocycles. The van der Waals surface area contributed by atoms with Gasteiger partial charge in [-0.3, -0.25) is 4.90 Å². The van der Waals surface area contributed by atoms with Crippen LogP contribution >= 0.6 is 0 Å². The van der Waals surface area contributed by atoms with Gasteiger partial charge >= 0.3 is 0 Å². The van der Waals surface area contributed by atoms with Crippen LogP contribution in [0.25, 0.3) is 0 Å². The zero-order valence-corrected chi connectivity index (χ0v) is 13.3. The molecular weight excluding hydrogens is 264 g/mol. The summed E-state index contributed by atoms with van der Waals surface area (Å²) < 4.78 is 27.4. The van der Waals surface area contributed by atoms with Gasteiger partial charge in [0.2, 0.25) is 0 Å². The van der Waals surface area contributed by atoms with Crippen molar-refractivity contribution in [3.63, 3.8) is 0 Å². The SMILES string of the molecule is CC[C@@H]1CN(CCCS(C)(=O)=O)CCN1CCOC. The minimum atomic E-state index is -2.82. The van der Waals surface area contributed by atoms with Gasteiger partial charge in [-0.25, -0.2) is 8.42 Å². The molecule has 19 heavy (non-hydrogen) atoms. The highest BCUT2D eigenvalue weighted by atomic mass is 32.2. The molecule has 0 unspecified atom stereocenters. The molecule has 1 fully saturated rings. The summed E-state index contributed by atoms with van der Waals surface area (Å²) in [5, 5.41) is 0. The first-order valence-electron chi connectivity index (χ1n) is 7.09. The van der Waals surface area contributed by atoms with Crippen LogP contribution in [0.5, 0.6) is 0 Å². The summed E-state index contributed by atoms with van der Waals surface area (Å²) in [6, 6.07) is 0.571. The molecule has 1 saturated heterocycles. The molecule has 0 N–H and O–H groups in total. The third kappa shape index (κ3) is 6.70. The van der Waals surface area contributed by atoms with Gasteiger partial charge in [0, 0.05) is 45.6 Å². The number of piperazine rings is 1. The summed E-state index contributed by atoms with van der Waals surface area (Å²) in [4.78, 5) is 4.87. The van der Waals surface area contributed by atoms with Crippen LogP contribution in [0.4, 0.5) is 0 Å². The van der Waals surface area contributed by atoms with E-state index in [4.69, 9.17) is 4.74 Å². The highest BCUT2D eigenvalue weighted by molar-refractivity contribution is 7.90. The predicted molar refractivity (Wildman–Crippen MR) is 78.3 cm³/mol. The molecule has 0 radical (unpaired) electrons. The van der Waals surface area contributed by atoms with Gasteiger partial charge in [-0.05, 0) is 19.4 Å². The Morgan fingerprint density at radius 2 is 2.00 bits per heavy atom. The number of hydrogen-bond donors (Lipinski definition) is 0. The van der Waals surface area contributed by atoms with Crippen molar-refractivity contribution in [2.24, 2.45) is 0 Å². The number of nitrogens with zero attached hydrogens (tertiary/aromatic N) is 2. The summed E-state index contributed by atoms with van der Waals surface area (Å²) in [6.45, 7) is 8.01. The Morgan fingerprint density at radius 3 is 2.58 bits per heavy atom. The molecular formula is C13H28N2O3S. The largest absolute Gasteiger partial charge is 0.383 e. The fourth-order valence-corrected chi connectivity index (χ4v) is 3.25.